The van der Waals surface area contributed by atoms with Crippen LogP contribution in [0.2, 0.25) is 5.15 Å². The number of aromatic nitrogens is 3. The summed E-state index contributed by atoms with van der Waals surface area (Å²) >= 11 is 6.01. The highest BCUT2D eigenvalue weighted by Gasteiger charge is 2.11. The van der Waals surface area contributed by atoms with E-state index in [4.69, 9.17) is 11.6 Å². The van der Waals surface area contributed by atoms with Crippen LogP contribution in [-0.4, -0.2) is 19.7 Å². The molecule has 2 rings (SSSR count). The lowest BCUT2D eigenvalue weighted by molar-refractivity contribution is 0.416. The second kappa shape index (κ2) is 5.39. The summed E-state index contributed by atoms with van der Waals surface area (Å²) in [5, 5.41) is 4.16. The van der Waals surface area contributed by atoms with Crippen molar-refractivity contribution in [2.24, 2.45) is 7.05 Å². The number of rotatable bonds is 4. The Labute approximate surface area is 119 Å². The van der Waals surface area contributed by atoms with Gasteiger partial charge >= 0.3 is 0 Å². The molecule has 0 aliphatic heterocycles. The number of hydrogen-bond donors (Lipinski definition) is 1. The molecule has 0 bridgehead atoms. The van der Waals surface area contributed by atoms with E-state index in [0.717, 1.165) is 18.9 Å². The fourth-order valence-corrected chi connectivity index (χ4v) is 1.99. The van der Waals surface area contributed by atoms with Gasteiger partial charge in [-0.25, -0.2) is 4.98 Å². The Bertz CT molecular complexity index is 548. The lowest BCUT2D eigenvalue weighted by atomic mass is 10.1. The van der Waals surface area contributed by atoms with Gasteiger partial charge in [-0.05, 0) is 32.9 Å². The van der Waals surface area contributed by atoms with Crippen LogP contribution in [0.4, 0.5) is 0 Å². The number of nitrogens with zero attached hydrogens (tertiary/aromatic N) is 3. The predicted molar refractivity (Wildman–Crippen MR) is 78.3 cm³/mol. The fraction of sp³-hybridized carbons (Fsp3) is 0.500. The Balaban J connectivity index is 2.10. The number of hydrogen-bond acceptors (Lipinski definition) is 2. The maximum Gasteiger partial charge on any atom is 0.129 e. The third-order valence-electron chi connectivity index (χ3n) is 3.06. The average molecular weight is 281 g/mol. The summed E-state index contributed by atoms with van der Waals surface area (Å²) in [6, 6.07) is 4.19. The van der Waals surface area contributed by atoms with Gasteiger partial charge in [-0.15, -0.1) is 0 Å². The molecule has 0 fully saturated rings. The molecule has 0 aliphatic carbocycles. The molecule has 1 N–H and O–H groups in total. The lowest BCUT2D eigenvalue weighted by Gasteiger charge is -2.21. The van der Waals surface area contributed by atoms with Gasteiger partial charge in [0.1, 0.15) is 11.0 Å². The molecule has 0 saturated heterocycles. The summed E-state index contributed by atoms with van der Waals surface area (Å²) in [6.07, 6.45) is 3.76. The van der Waals surface area contributed by atoms with Crippen molar-refractivity contribution in [2.45, 2.75) is 39.4 Å². The summed E-state index contributed by atoms with van der Waals surface area (Å²) < 4.78 is 4.10. The summed E-state index contributed by atoms with van der Waals surface area (Å²) in [6.45, 7) is 8.07. The standard InChI is InChI=1S/C14H21ClN4/c1-14(2,3)17-8-11-6-5-7-19(11)10-13-16-9-12(15)18(13)4/h5-7,9,17H,8,10H2,1-4H3. The van der Waals surface area contributed by atoms with E-state index in [2.05, 4.69) is 54.0 Å². The molecule has 2 aromatic heterocycles. The van der Waals surface area contributed by atoms with Crippen molar-refractivity contribution in [3.05, 3.63) is 41.2 Å². The van der Waals surface area contributed by atoms with Gasteiger partial charge in [-0.2, -0.15) is 0 Å². The van der Waals surface area contributed by atoms with Crippen molar-refractivity contribution < 1.29 is 0 Å². The molecule has 5 heteroatoms. The second-order valence-electron chi connectivity index (χ2n) is 5.79. The Morgan fingerprint density at radius 3 is 2.68 bits per heavy atom. The molecule has 0 unspecified atom stereocenters. The van der Waals surface area contributed by atoms with Crippen LogP contribution in [0.15, 0.2) is 24.5 Å². The van der Waals surface area contributed by atoms with Crippen LogP contribution in [0.25, 0.3) is 0 Å². The molecule has 0 aromatic carbocycles. The third kappa shape index (κ3) is 3.61. The minimum absolute atomic E-state index is 0.113. The van der Waals surface area contributed by atoms with E-state index in [9.17, 15) is 0 Å². The van der Waals surface area contributed by atoms with Gasteiger partial charge in [0.2, 0.25) is 0 Å². The molecule has 0 atom stereocenters. The van der Waals surface area contributed by atoms with Gasteiger partial charge in [0.15, 0.2) is 0 Å². The maximum atomic E-state index is 6.01. The zero-order chi connectivity index (χ0) is 14.0. The van der Waals surface area contributed by atoms with Crippen molar-refractivity contribution in [1.29, 1.82) is 0 Å². The number of imidazole rings is 1. The quantitative estimate of drug-likeness (QED) is 0.935. The van der Waals surface area contributed by atoms with Crippen molar-refractivity contribution in [2.75, 3.05) is 0 Å². The SMILES string of the molecule is Cn1c(Cl)cnc1Cn1cccc1CNC(C)(C)C. The first-order valence-corrected chi connectivity index (χ1v) is 6.80. The summed E-state index contributed by atoms with van der Waals surface area (Å²) in [7, 11) is 1.93. The molecule has 0 aliphatic rings. The first kappa shape index (κ1) is 14.2. The van der Waals surface area contributed by atoms with Crippen LogP contribution in [0.3, 0.4) is 0 Å². The molecule has 19 heavy (non-hydrogen) atoms. The Morgan fingerprint density at radius 1 is 1.37 bits per heavy atom. The molecule has 2 heterocycles. The first-order valence-electron chi connectivity index (χ1n) is 6.42. The Kier molecular flexibility index (Phi) is 4.02. The van der Waals surface area contributed by atoms with Crippen LogP contribution in [0.1, 0.15) is 32.3 Å². The van der Waals surface area contributed by atoms with Crippen LogP contribution in [0.5, 0.6) is 0 Å². The lowest BCUT2D eigenvalue weighted by Crippen LogP contribution is -2.35. The highest BCUT2D eigenvalue weighted by molar-refractivity contribution is 6.29. The van der Waals surface area contributed by atoms with Gasteiger partial charge in [-0.1, -0.05) is 11.6 Å². The van der Waals surface area contributed by atoms with E-state index < -0.39 is 0 Å². The number of nitrogens with one attached hydrogen (secondary N) is 1. The largest absolute Gasteiger partial charge is 0.343 e. The highest BCUT2D eigenvalue weighted by atomic mass is 35.5. The van der Waals surface area contributed by atoms with Crippen LogP contribution in [-0.2, 0) is 20.1 Å². The zero-order valence-electron chi connectivity index (χ0n) is 11.9. The van der Waals surface area contributed by atoms with Gasteiger partial charge < -0.3 is 14.5 Å². The van der Waals surface area contributed by atoms with E-state index in [1.807, 2.05) is 11.6 Å². The third-order valence-corrected chi connectivity index (χ3v) is 3.41. The molecular formula is C14H21ClN4. The fourth-order valence-electron chi connectivity index (χ4n) is 1.84. The van der Waals surface area contributed by atoms with Crippen molar-refractivity contribution >= 4 is 11.6 Å². The van der Waals surface area contributed by atoms with Crippen molar-refractivity contribution in [3.8, 4) is 0 Å². The van der Waals surface area contributed by atoms with E-state index in [1.54, 1.807) is 6.20 Å². The van der Waals surface area contributed by atoms with E-state index in [0.29, 0.717) is 5.15 Å². The highest BCUT2D eigenvalue weighted by Crippen LogP contribution is 2.12. The molecular weight excluding hydrogens is 260 g/mol. The zero-order valence-corrected chi connectivity index (χ0v) is 12.7. The molecule has 2 aromatic rings. The molecule has 104 valence electrons. The number of halogens is 1. The smallest absolute Gasteiger partial charge is 0.129 e. The van der Waals surface area contributed by atoms with E-state index in [-0.39, 0.29) is 5.54 Å². The van der Waals surface area contributed by atoms with E-state index >= 15 is 0 Å². The summed E-state index contributed by atoms with van der Waals surface area (Å²) in [4.78, 5) is 4.33. The molecule has 0 amide bonds. The van der Waals surface area contributed by atoms with Gasteiger partial charge in [-0.3, -0.25) is 0 Å². The Hall–Kier alpha value is -1.26. The average Bonchev–Trinajstić information content (AvgIpc) is 2.88. The summed E-state index contributed by atoms with van der Waals surface area (Å²) in [5.74, 6) is 0.957. The molecule has 0 saturated carbocycles. The predicted octanol–water partition coefficient (Wildman–Crippen LogP) is 2.81. The maximum absolute atomic E-state index is 6.01. The van der Waals surface area contributed by atoms with Crippen molar-refractivity contribution in [1.82, 2.24) is 19.4 Å². The molecule has 4 nitrogen and oxygen atoms in total. The normalized spacial score (nSPS) is 12.1. The first-order chi connectivity index (χ1) is 8.87. The van der Waals surface area contributed by atoms with Crippen LogP contribution in [0, 0.1) is 0 Å². The minimum Gasteiger partial charge on any atom is -0.343 e. The molecule has 0 spiro atoms. The van der Waals surface area contributed by atoms with Gasteiger partial charge in [0.25, 0.3) is 0 Å². The van der Waals surface area contributed by atoms with E-state index in [1.165, 1.54) is 5.69 Å². The monoisotopic (exact) mass is 280 g/mol. The minimum atomic E-state index is 0.113. The van der Waals surface area contributed by atoms with Crippen LogP contribution >= 0.6 is 11.6 Å². The summed E-state index contributed by atoms with van der Waals surface area (Å²) in [5.41, 5.74) is 1.36. The Morgan fingerprint density at radius 2 is 2.11 bits per heavy atom. The van der Waals surface area contributed by atoms with Gasteiger partial charge in [0, 0.05) is 31.0 Å². The van der Waals surface area contributed by atoms with Gasteiger partial charge in [0.05, 0.1) is 12.7 Å². The second-order valence-corrected chi connectivity index (χ2v) is 6.17. The van der Waals surface area contributed by atoms with Crippen LogP contribution < -0.4 is 5.32 Å². The topological polar surface area (TPSA) is 34.8 Å². The van der Waals surface area contributed by atoms with Crippen molar-refractivity contribution in [3.63, 3.8) is 0 Å². The molecule has 0 radical (unpaired) electrons.